The molecule has 1 unspecified atom stereocenters. The summed E-state index contributed by atoms with van der Waals surface area (Å²) in [4.78, 5) is 40.4. The Labute approximate surface area is 278 Å². The Bertz CT molecular complexity index is 1610. The molecule has 0 bridgehead atoms. The molecule has 1 saturated carbocycles. The maximum atomic E-state index is 13.9. The molecular formula is C33H35BrN2O7S2. The predicted molar refractivity (Wildman–Crippen MR) is 177 cm³/mol. The SMILES string of the molecule is CC(C)CCS[C@@H]1CC(=O)C[C@H]2Oc3c(Br)c(OCc4cccc([N+](=O)[O-])c4)cc4c3C21C[C@@H](CO)N(C(=O)c1cccs1)C4. The Balaban J connectivity index is 1.45. The van der Waals surface area contributed by atoms with Gasteiger partial charge in [0.2, 0.25) is 0 Å². The van der Waals surface area contributed by atoms with Crippen molar-refractivity contribution in [1.82, 2.24) is 4.90 Å². The van der Waals surface area contributed by atoms with Crippen LogP contribution in [0.5, 0.6) is 11.5 Å². The molecule has 6 rings (SSSR count). The van der Waals surface area contributed by atoms with Crippen molar-refractivity contribution in [2.24, 2.45) is 5.92 Å². The van der Waals surface area contributed by atoms with E-state index in [1.807, 2.05) is 17.5 Å². The summed E-state index contributed by atoms with van der Waals surface area (Å²) in [5, 5.41) is 23.9. The number of nitrogens with zero attached hydrogens (tertiary/aromatic N) is 2. The lowest BCUT2D eigenvalue weighted by Gasteiger charge is -2.45. The highest BCUT2D eigenvalue weighted by Gasteiger charge is 2.61. The number of carbonyl (C=O) groups excluding carboxylic acids is 2. The summed E-state index contributed by atoms with van der Waals surface area (Å²) in [7, 11) is 0. The van der Waals surface area contributed by atoms with Crippen LogP contribution in [0.15, 0.2) is 52.3 Å². The molecular weight excluding hydrogens is 680 g/mol. The van der Waals surface area contributed by atoms with Gasteiger partial charge in [-0.3, -0.25) is 19.7 Å². The average molecular weight is 716 g/mol. The number of nitro groups is 1. The lowest BCUT2D eigenvalue weighted by molar-refractivity contribution is -0.384. The van der Waals surface area contributed by atoms with E-state index < -0.39 is 22.5 Å². The van der Waals surface area contributed by atoms with Crippen LogP contribution in [0.3, 0.4) is 0 Å². The van der Waals surface area contributed by atoms with Crippen molar-refractivity contribution in [3.8, 4) is 11.5 Å². The van der Waals surface area contributed by atoms with Crippen LogP contribution in [0.4, 0.5) is 5.69 Å². The van der Waals surface area contributed by atoms with E-state index in [1.54, 1.807) is 34.9 Å². The fourth-order valence-corrected chi connectivity index (χ4v) is 9.94. The van der Waals surface area contributed by atoms with Crippen LogP contribution >= 0.6 is 39.0 Å². The topological polar surface area (TPSA) is 119 Å². The maximum Gasteiger partial charge on any atom is 0.269 e. The fraction of sp³-hybridized carbons (Fsp3) is 0.455. The van der Waals surface area contributed by atoms with Crippen molar-refractivity contribution in [1.29, 1.82) is 0 Å². The minimum absolute atomic E-state index is 0.0199. The zero-order valence-electron chi connectivity index (χ0n) is 25.1. The van der Waals surface area contributed by atoms with E-state index in [1.165, 1.54) is 23.5 Å². The molecule has 1 fully saturated rings. The van der Waals surface area contributed by atoms with E-state index in [2.05, 4.69) is 29.8 Å². The third-order valence-corrected chi connectivity index (χ3v) is 12.1. The number of halogens is 1. The van der Waals surface area contributed by atoms with Crippen LogP contribution in [-0.4, -0.2) is 56.4 Å². The second-order valence-electron chi connectivity index (χ2n) is 12.4. The zero-order chi connectivity index (χ0) is 31.9. The summed E-state index contributed by atoms with van der Waals surface area (Å²) < 4.78 is 13.6. The first-order valence-electron chi connectivity index (χ1n) is 15.1. The molecule has 2 aromatic carbocycles. The molecule has 3 aliphatic rings. The number of hydrogen-bond donors (Lipinski definition) is 1. The third kappa shape index (κ3) is 6.02. The highest BCUT2D eigenvalue weighted by molar-refractivity contribution is 9.10. The number of ketones is 1. The van der Waals surface area contributed by atoms with Crippen molar-refractivity contribution in [2.75, 3.05) is 12.4 Å². The minimum Gasteiger partial charge on any atom is -0.488 e. The predicted octanol–water partition coefficient (Wildman–Crippen LogP) is 6.91. The van der Waals surface area contributed by atoms with Crippen molar-refractivity contribution in [2.45, 2.75) is 75.5 Å². The Hall–Kier alpha value is -2.93. The van der Waals surface area contributed by atoms with Crippen LogP contribution in [0.25, 0.3) is 0 Å². The Kier molecular flexibility index (Phi) is 9.29. The molecule has 1 spiro atoms. The van der Waals surface area contributed by atoms with Crippen LogP contribution in [0, 0.1) is 16.0 Å². The molecule has 45 heavy (non-hydrogen) atoms. The van der Waals surface area contributed by atoms with E-state index in [0.29, 0.717) is 45.2 Å². The van der Waals surface area contributed by atoms with E-state index in [-0.39, 0.29) is 48.8 Å². The first-order chi connectivity index (χ1) is 21.6. The van der Waals surface area contributed by atoms with Gasteiger partial charge in [0.1, 0.15) is 34.5 Å². The molecule has 1 amide bonds. The lowest BCUT2D eigenvalue weighted by Crippen LogP contribution is -2.55. The van der Waals surface area contributed by atoms with Gasteiger partial charge in [0.15, 0.2) is 0 Å². The number of non-ortho nitro benzene ring substituents is 1. The number of thioether (sulfide) groups is 1. The molecule has 1 aromatic heterocycles. The van der Waals surface area contributed by atoms with Crippen molar-refractivity contribution in [3.05, 3.63) is 84.0 Å². The highest BCUT2D eigenvalue weighted by atomic mass is 79.9. The Morgan fingerprint density at radius 3 is 2.82 bits per heavy atom. The number of amides is 1. The third-order valence-electron chi connectivity index (χ3n) is 9.06. The number of benzene rings is 2. The van der Waals surface area contributed by atoms with Gasteiger partial charge in [0, 0.05) is 42.3 Å². The maximum absolute atomic E-state index is 13.9. The molecule has 2 aliphatic heterocycles. The van der Waals surface area contributed by atoms with Crippen LogP contribution < -0.4 is 9.47 Å². The van der Waals surface area contributed by atoms with Gasteiger partial charge in [-0.05, 0) is 69.1 Å². The molecule has 3 aromatic rings. The average Bonchev–Trinajstić information content (AvgIpc) is 3.63. The molecule has 1 aliphatic carbocycles. The van der Waals surface area contributed by atoms with Crippen LogP contribution in [0.1, 0.15) is 65.9 Å². The molecule has 1 N–H and O–H groups in total. The molecule has 4 atom stereocenters. The summed E-state index contributed by atoms with van der Waals surface area (Å²) in [6.07, 6.45) is 1.69. The summed E-state index contributed by atoms with van der Waals surface area (Å²) in [6.45, 7) is 4.47. The second-order valence-corrected chi connectivity index (χ2v) is 15.4. The molecule has 238 valence electrons. The lowest BCUT2D eigenvalue weighted by atomic mass is 9.64. The number of hydrogen-bond acceptors (Lipinski definition) is 9. The number of ether oxygens (including phenoxy) is 2. The quantitative estimate of drug-likeness (QED) is 0.178. The van der Waals surface area contributed by atoms with Gasteiger partial charge in [0.25, 0.3) is 11.6 Å². The van der Waals surface area contributed by atoms with Gasteiger partial charge >= 0.3 is 0 Å². The zero-order valence-corrected chi connectivity index (χ0v) is 28.3. The first-order valence-corrected chi connectivity index (χ1v) is 17.8. The standard InChI is InChI=1S/C33H35BrN2O7S2/c1-19(2)8-10-45-28-14-24(38)13-27-33(28)15-23(17-37)35(32(39)26-7-4-9-44-26)16-21-12-25(30(34)31(43-27)29(21)33)42-18-20-5-3-6-22(11-20)36(40)41/h3-7,9,11-12,19,23,27-28,37H,8,10,13-18H2,1-2H3/t23-,27+,28+,33?/m0/s1. The Morgan fingerprint density at radius 1 is 1.29 bits per heavy atom. The van der Waals surface area contributed by atoms with E-state index >= 15 is 0 Å². The smallest absolute Gasteiger partial charge is 0.269 e. The van der Waals surface area contributed by atoms with Gasteiger partial charge < -0.3 is 19.5 Å². The highest BCUT2D eigenvalue weighted by Crippen LogP contribution is 2.61. The number of Topliss-reactive ketones (excluding diaryl/α,β-unsaturated/α-hetero) is 1. The van der Waals surface area contributed by atoms with Gasteiger partial charge in [0.05, 0.1) is 27.9 Å². The fourth-order valence-electron chi connectivity index (χ4n) is 6.89. The minimum atomic E-state index is -0.598. The summed E-state index contributed by atoms with van der Waals surface area (Å²) in [5.41, 5.74) is 1.86. The Morgan fingerprint density at radius 2 is 2.11 bits per heavy atom. The van der Waals surface area contributed by atoms with Gasteiger partial charge in [-0.15, -0.1) is 11.3 Å². The summed E-state index contributed by atoms with van der Waals surface area (Å²) >= 11 is 6.92. The summed E-state index contributed by atoms with van der Waals surface area (Å²) in [6, 6.07) is 11.4. The number of rotatable bonds is 10. The monoisotopic (exact) mass is 714 g/mol. The summed E-state index contributed by atoms with van der Waals surface area (Å²) in [5.74, 6) is 2.50. The van der Waals surface area contributed by atoms with Gasteiger partial charge in [-0.25, -0.2) is 0 Å². The number of carbonyl (C=O) groups is 2. The van der Waals surface area contributed by atoms with Gasteiger partial charge in [-0.2, -0.15) is 11.8 Å². The number of aliphatic hydroxyl groups excluding tert-OH is 1. The normalized spacial score (nSPS) is 23.7. The molecule has 9 nitrogen and oxygen atoms in total. The van der Waals surface area contributed by atoms with Crippen LogP contribution in [-0.2, 0) is 23.4 Å². The van der Waals surface area contributed by atoms with Crippen molar-refractivity contribution >= 4 is 56.4 Å². The number of aliphatic hydroxyl groups is 1. The number of nitro benzene ring substituents is 1. The first kappa shape index (κ1) is 32.0. The van der Waals surface area contributed by atoms with Gasteiger partial charge in [-0.1, -0.05) is 32.0 Å². The molecule has 12 heteroatoms. The largest absolute Gasteiger partial charge is 0.488 e. The molecule has 0 saturated heterocycles. The van der Waals surface area contributed by atoms with Crippen molar-refractivity contribution < 1.29 is 29.1 Å². The van der Waals surface area contributed by atoms with Crippen molar-refractivity contribution in [3.63, 3.8) is 0 Å². The van der Waals surface area contributed by atoms with E-state index in [9.17, 15) is 24.8 Å². The van der Waals surface area contributed by atoms with E-state index in [4.69, 9.17) is 9.47 Å². The second kappa shape index (κ2) is 13.1. The molecule has 3 heterocycles. The van der Waals surface area contributed by atoms with Crippen LogP contribution in [0.2, 0.25) is 0 Å². The number of thiophene rings is 1. The molecule has 0 radical (unpaired) electrons. The van der Waals surface area contributed by atoms with E-state index in [0.717, 1.165) is 23.3 Å².